The highest BCUT2D eigenvalue weighted by atomic mass is 16.6. The number of nitro benzene ring substituents is 1. The number of carbonyl (C=O) groups excluding carboxylic acids is 2. The van der Waals surface area contributed by atoms with Crippen LogP contribution in [0.4, 0.5) is 5.69 Å². The molecule has 0 fully saturated rings. The van der Waals surface area contributed by atoms with Crippen molar-refractivity contribution in [3.05, 3.63) is 39.4 Å². The number of aliphatic carboxylic acids is 1. The van der Waals surface area contributed by atoms with Gasteiger partial charge < -0.3 is 15.7 Å². The summed E-state index contributed by atoms with van der Waals surface area (Å²) in [6.45, 7) is 0.182. The van der Waals surface area contributed by atoms with Gasteiger partial charge in [-0.1, -0.05) is 6.07 Å². The number of nitrogens with zero attached hydrogens (tertiary/aromatic N) is 2. The number of carboxylic acid groups (broad SMARTS) is 1. The molecule has 0 unspecified atom stereocenters. The van der Waals surface area contributed by atoms with E-state index in [1.54, 1.807) is 0 Å². The van der Waals surface area contributed by atoms with Crippen molar-refractivity contribution in [1.29, 1.82) is 0 Å². The number of rotatable bonds is 6. The molecule has 3 N–H and O–H groups in total. The van der Waals surface area contributed by atoms with E-state index in [0.717, 1.165) is 6.07 Å². The highest BCUT2D eigenvalue weighted by Crippen LogP contribution is 2.20. The summed E-state index contributed by atoms with van der Waals surface area (Å²) in [5.74, 6) is -3.03. The molecule has 9 nitrogen and oxygen atoms in total. The van der Waals surface area contributed by atoms with Gasteiger partial charge in [0.2, 0.25) is 5.91 Å². The predicted molar refractivity (Wildman–Crippen MR) is 70.6 cm³/mol. The van der Waals surface area contributed by atoms with Gasteiger partial charge in [0.1, 0.15) is 13.1 Å². The van der Waals surface area contributed by atoms with E-state index in [4.69, 9.17) is 10.8 Å². The molecule has 1 aromatic carbocycles. The third-order valence-electron chi connectivity index (χ3n) is 2.61. The number of carbonyl (C=O) groups is 3. The molecular weight excluding hydrogens is 282 g/mol. The van der Waals surface area contributed by atoms with Crippen LogP contribution in [0.1, 0.15) is 15.9 Å². The zero-order valence-corrected chi connectivity index (χ0v) is 11.1. The Kier molecular flexibility index (Phi) is 4.95. The van der Waals surface area contributed by atoms with Gasteiger partial charge in [0.25, 0.3) is 11.6 Å². The normalized spacial score (nSPS) is 9.95. The fourth-order valence-corrected chi connectivity index (χ4v) is 1.67. The lowest BCUT2D eigenvalue weighted by atomic mass is 10.1. The second-order valence-electron chi connectivity index (χ2n) is 4.28. The highest BCUT2D eigenvalue weighted by Gasteiger charge is 2.22. The summed E-state index contributed by atoms with van der Waals surface area (Å²) in [6, 6.07) is 3.72. The third-order valence-corrected chi connectivity index (χ3v) is 2.61. The van der Waals surface area contributed by atoms with Crippen molar-refractivity contribution >= 4 is 23.5 Å². The smallest absolute Gasteiger partial charge is 0.323 e. The molecule has 0 atom stereocenters. The van der Waals surface area contributed by atoms with Gasteiger partial charge >= 0.3 is 5.97 Å². The van der Waals surface area contributed by atoms with Gasteiger partial charge in [0.15, 0.2) is 0 Å². The van der Waals surface area contributed by atoms with Crippen LogP contribution in [0.3, 0.4) is 0 Å². The van der Waals surface area contributed by atoms with E-state index in [9.17, 15) is 24.5 Å². The number of benzene rings is 1. The van der Waals surface area contributed by atoms with E-state index >= 15 is 0 Å². The molecule has 1 aromatic rings. The van der Waals surface area contributed by atoms with Crippen molar-refractivity contribution < 1.29 is 24.4 Å². The van der Waals surface area contributed by atoms with E-state index in [1.165, 1.54) is 19.1 Å². The van der Waals surface area contributed by atoms with Crippen LogP contribution >= 0.6 is 0 Å². The van der Waals surface area contributed by atoms with Crippen LogP contribution in [0.25, 0.3) is 0 Å². The van der Waals surface area contributed by atoms with Gasteiger partial charge in [0, 0.05) is 17.2 Å². The molecule has 1 rings (SSSR count). The van der Waals surface area contributed by atoms with Crippen molar-refractivity contribution in [2.24, 2.45) is 5.73 Å². The number of primary amides is 1. The van der Waals surface area contributed by atoms with Crippen molar-refractivity contribution in [2.45, 2.75) is 6.92 Å². The summed E-state index contributed by atoms with van der Waals surface area (Å²) in [6.07, 6.45) is 0. The molecule has 0 aliphatic rings. The topological polar surface area (TPSA) is 144 Å². The molecule has 0 heterocycles. The Morgan fingerprint density at radius 3 is 2.43 bits per heavy atom. The average Bonchev–Trinajstić information content (AvgIpc) is 2.36. The molecule has 0 spiro atoms. The molecule has 2 amide bonds. The minimum atomic E-state index is -1.33. The first-order valence-corrected chi connectivity index (χ1v) is 5.76. The Balaban J connectivity index is 3.13. The van der Waals surface area contributed by atoms with Crippen molar-refractivity contribution in [1.82, 2.24) is 4.90 Å². The van der Waals surface area contributed by atoms with Gasteiger partial charge in [-0.05, 0) is 13.0 Å². The Bertz CT molecular complexity index is 597. The standard InChI is InChI=1S/C12H13N3O6/c1-7-2-3-8(4-9(7)15(20)21)12(19)14(5-10(13)16)6-11(17)18/h2-4H,5-6H2,1H3,(H2,13,16)(H,17,18). The van der Waals surface area contributed by atoms with Crippen LogP contribution in [0.2, 0.25) is 0 Å². The van der Waals surface area contributed by atoms with Gasteiger partial charge in [0.05, 0.1) is 4.92 Å². The Hall–Kier alpha value is -2.97. The number of amides is 2. The fraction of sp³-hybridized carbons (Fsp3) is 0.250. The van der Waals surface area contributed by atoms with Crippen LogP contribution in [0.15, 0.2) is 18.2 Å². The molecule has 21 heavy (non-hydrogen) atoms. The number of hydrogen-bond acceptors (Lipinski definition) is 5. The van der Waals surface area contributed by atoms with Gasteiger partial charge in [-0.3, -0.25) is 24.5 Å². The van der Waals surface area contributed by atoms with Crippen LogP contribution < -0.4 is 5.73 Å². The van der Waals surface area contributed by atoms with E-state index in [-0.39, 0.29) is 11.3 Å². The summed E-state index contributed by atoms with van der Waals surface area (Å²) >= 11 is 0. The van der Waals surface area contributed by atoms with Crippen molar-refractivity contribution in [2.75, 3.05) is 13.1 Å². The Morgan fingerprint density at radius 2 is 1.95 bits per heavy atom. The molecule has 112 valence electrons. The minimum Gasteiger partial charge on any atom is -0.480 e. The molecule has 9 heteroatoms. The monoisotopic (exact) mass is 295 g/mol. The number of nitrogens with two attached hydrogens (primary N) is 1. The Morgan fingerprint density at radius 1 is 1.33 bits per heavy atom. The van der Waals surface area contributed by atoms with Gasteiger partial charge in [-0.15, -0.1) is 0 Å². The maximum Gasteiger partial charge on any atom is 0.323 e. The summed E-state index contributed by atoms with van der Waals surface area (Å²) in [5.41, 5.74) is 4.95. The molecule has 0 aromatic heterocycles. The van der Waals surface area contributed by atoms with E-state index in [2.05, 4.69) is 0 Å². The number of aryl methyl sites for hydroxylation is 1. The fourth-order valence-electron chi connectivity index (χ4n) is 1.67. The zero-order chi connectivity index (χ0) is 16.2. The molecule has 0 aliphatic heterocycles. The second kappa shape index (κ2) is 6.46. The number of hydrogen-bond donors (Lipinski definition) is 2. The first-order chi connectivity index (χ1) is 9.72. The minimum absolute atomic E-state index is 0.0881. The highest BCUT2D eigenvalue weighted by molar-refractivity contribution is 5.98. The Labute approximate surface area is 119 Å². The maximum absolute atomic E-state index is 12.1. The van der Waals surface area contributed by atoms with E-state index in [0.29, 0.717) is 10.5 Å². The van der Waals surface area contributed by atoms with Crippen LogP contribution in [0.5, 0.6) is 0 Å². The molecule has 0 bridgehead atoms. The average molecular weight is 295 g/mol. The summed E-state index contributed by atoms with van der Waals surface area (Å²) in [7, 11) is 0. The molecule has 0 saturated heterocycles. The summed E-state index contributed by atoms with van der Waals surface area (Å²) in [5, 5.41) is 19.6. The molecular formula is C12H13N3O6. The first-order valence-electron chi connectivity index (χ1n) is 5.76. The lowest BCUT2D eigenvalue weighted by Crippen LogP contribution is -2.41. The molecule has 0 radical (unpaired) electrons. The lowest BCUT2D eigenvalue weighted by Gasteiger charge is -2.18. The number of carboxylic acids is 1. The van der Waals surface area contributed by atoms with Crippen molar-refractivity contribution in [3.8, 4) is 0 Å². The second-order valence-corrected chi connectivity index (χ2v) is 4.28. The van der Waals surface area contributed by atoms with Crippen LogP contribution in [-0.2, 0) is 9.59 Å². The van der Waals surface area contributed by atoms with E-state index in [1.807, 2.05) is 0 Å². The van der Waals surface area contributed by atoms with Crippen LogP contribution in [0, 0.1) is 17.0 Å². The molecule has 0 aliphatic carbocycles. The molecule has 0 saturated carbocycles. The summed E-state index contributed by atoms with van der Waals surface area (Å²) in [4.78, 5) is 44.6. The third kappa shape index (κ3) is 4.27. The largest absolute Gasteiger partial charge is 0.480 e. The predicted octanol–water partition coefficient (Wildman–Crippen LogP) is -0.0847. The number of nitro groups is 1. The SMILES string of the molecule is Cc1ccc(C(=O)N(CC(N)=O)CC(=O)O)cc1[N+](=O)[O-]. The zero-order valence-electron chi connectivity index (χ0n) is 11.1. The van der Waals surface area contributed by atoms with E-state index < -0.39 is 35.8 Å². The quantitative estimate of drug-likeness (QED) is 0.554. The van der Waals surface area contributed by atoms with Gasteiger partial charge in [-0.25, -0.2) is 0 Å². The first kappa shape index (κ1) is 16.1. The maximum atomic E-state index is 12.1. The van der Waals surface area contributed by atoms with Crippen LogP contribution in [-0.4, -0.2) is 45.8 Å². The lowest BCUT2D eigenvalue weighted by molar-refractivity contribution is -0.385. The van der Waals surface area contributed by atoms with Crippen molar-refractivity contribution in [3.63, 3.8) is 0 Å². The van der Waals surface area contributed by atoms with Gasteiger partial charge in [-0.2, -0.15) is 0 Å². The summed E-state index contributed by atoms with van der Waals surface area (Å²) < 4.78 is 0.